The van der Waals surface area contributed by atoms with E-state index >= 15 is 0 Å². The fraction of sp³-hybridized carbons (Fsp3) is 0.320. The number of benzene rings is 2. The van der Waals surface area contributed by atoms with Gasteiger partial charge in [0.2, 0.25) is 0 Å². The first-order chi connectivity index (χ1) is 16.9. The molecule has 3 rings (SSSR count). The molecule has 0 atom stereocenters. The lowest BCUT2D eigenvalue weighted by atomic mass is 9.83. The number of carbonyl (C=O) groups is 1. The summed E-state index contributed by atoms with van der Waals surface area (Å²) < 4.78 is 65.4. The summed E-state index contributed by atoms with van der Waals surface area (Å²) in [6.45, 7) is 3.54. The number of halogens is 4. The molecule has 2 aromatic carbocycles. The first-order valence-electron chi connectivity index (χ1n) is 10.8. The molecular weight excluding hydrogens is 482 g/mol. The van der Waals surface area contributed by atoms with Gasteiger partial charge in [-0.3, -0.25) is 4.79 Å². The number of hydrogen-bond acceptors (Lipinski definition) is 7. The van der Waals surface area contributed by atoms with Crippen LogP contribution >= 0.6 is 0 Å². The number of nitrogens with one attached hydrogen (secondary N) is 1. The zero-order valence-corrected chi connectivity index (χ0v) is 20.1. The third-order valence-electron chi connectivity index (χ3n) is 5.40. The Morgan fingerprint density at radius 2 is 1.69 bits per heavy atom. The molecule has 11 heteroatoms. The summed E-state index contributed by atoms with van der Waals surface area (Å²) in [7, 11) is 2.65. The predicted molar refractivity (Wildman–Crippen MR) is 124 cm³/mol. The number of hydrogen-bond donors (Lipinski definition) is 1. The van der Waals surface area contributed by atoms with Gasteiger partial charge < -0.3 is 19.5 Å². The monoisotopic (exact) mass is 507 g/mol. The number of methoxy groups -OCH3 is 2. The molecule has 0 aliphatic rings. The highest BCUT2D eigenvalue weighted by Crippen LogP contribution is 2.32. The van der Waals surface area contributed by atoms with Crippen LogP contribution in [-0.4, -0.2) is 43.1 Å². The van der Waals surface area contributed by atoms with Crippen molar-refractivity contribution in [2.24, 2.45) is 0 Å². The Morgan fingerprint density at radius 1 is 1.00 bits per heavy atom. The number of anilines is 1. The van der Waals surface area contributed by atoms with E-state index in [-0.39, 0.29) is 17.3 Å². The van der Waals surface area contributed by atoms with E-state index in [9.17, 15) is 22.4 Å². The van der Waals surface area contributed by atoms with Crippen molar-refractivity contribution in [3.05, 3.63) is 65.5 Å². The molecule has 0 amide bonds. The molecule has 0 saturated heterocycles. The van der Waals surface area contributed by atoms with E-state index in [1.807, 2.05) is 0 Å². The first kappa shape index (κ1) is 26.7. The van der Waals surface area contributed by atoms with Gasteiger partial charge in [-0.25, -0.2) is 4.39 Å². The highest BCUT2D eigenvalue weighted by molar-refractivity contribution is 5.83. The Kier molecular flexibility index (Phi) is 8.01. The van der Waals surface area contributed by atoms with Crippen molar-refractivity contribution >= 4 is 11.8 Å². The van der Waals surface area contributed by atoms with Gasteiger partial charge in [-0.15, -0.1) is 13.2 Å². The van der Waals surface area contributed by atoms with Gasteiger partial charge >= 0.3 is 18.3 Å². The summed E-state index contributed by atoms with van der Waals surface area (Å²) in [5, 5.41) is 3.12. The molecule has 0 fully saturated rings. The van der Waals surface area contributed by atoms with Crippen molar-refractivity contribution in [2.75, 3.05) is 26.1 Å². The Hall–Kier alpha value is -3.89. The van der Waals surface area contributed by atoms with Crippen LogP contribution in [0, 0.1) is 5.82 Å². The molecule has 3 aromatic rings. The largest absolute Gasteiger partial charge is 0.573 e. The van der Waals surface area contributed by atoms with Gasteiger partial charge in [-0.1, -0.05) is 12.1 Å². The Balaban J connectivity index is 1.78. The predicted octanol–water partition coefficient (Wildman–Crippen LogP) is 5.30. The summed E-state index contributed by atoms with van der Waals surface area (Å²) >= 11 is 0. The van der Waals surface area contributed by atoms with Crippen LogP contribution in [0.25, 0.3) is 11.3 Å². The number of ether oxygens (including phenoxy) is 3. The zero-order chi connectivity index (χ0) is 26.5. The quantitative estimate of drug-likeness (QED) is 0.311. The highest BCUT2D eigenvalue weighted by Gasteiger charge is 2.34. The van der Waals surface area contributed by atoms with Crippen molar-refractivity contribution in [1.29, 1.82) is 0 Å². The molecule has 1 N–H and O–H groups in total. The number of aromatic nitrogens is 2. The van der Waals surface area contributed by atoms with Gasteiger partial charge in [-0.2, -0.15) is 9.97 Å². The minimum absolute atomic E-state index is 0.0711. The van der Waals surface area contributed by atoms with Gasteiger partial charge in [-0.05, 0) is 56.2 Å². The lowest BCUT2D eigenvalue weighted by molar-refractivity contribution is -0.274. The van der Waals surface area contributed by atoms with E-state index < -0.39 is 23.6 Å². The van der Waals surface area contributed by atoms with E-state index in [4.69, 9.17) is 9.47 Å². The smallest absolute Gasteiger partial charge is 0.468 e. The molecule has 0 aliphatic carbocycles. The topological polar surface area (TPSA) is 82.6 Å². The minimum atomic E-state index is -4.74. The Bertz CT molecular complexity index is 1210. The number of rotatable bonds is 9. The summed E-state index contributed by atoms with van der Waals surface area (Å²) in [4.78, 5) is 20.8. The lowest BCUT2D eigenvalue weighted by Crippen LogP contribution is -2.31. The van der Waals surface area contributed by atoms with Crippen LogP contribution in [0.3, 0.4) is 0 Å². The molecule has 0 spiro atoms. The number of esters is 1. The average Bonchev–Trinajstić information content (AvgIpc) is 2.83. The van der Waals surface area contributed by atoms with Crippen LogP contribution < -0.4 is 14.8 Å². The molecule has 192 valence electrons. The summed E-state index contributed by atoms with van der Waals surface area (Å²) in [6.07, 6.45) is -4.25. The van der Waals surface area contributed by atoms with Crippen molar-refractivity contribution in [2.45, 2.75) is 32.0 Å². The van der Waals surface area contributed by atoms with Gasteiger partial charge in [0.05, 0.1) is 25.3 Å². The molecular formula is C25H25F4N3O4. The SMILES string of the molecule is COC(=O)C(C)(C)c1cc(-c2cc(NCCc3ccc(OC(F)(F)F)cc3)nc(OC)n2)ccc1F. The molecule has 0 unspecified atom stereocenters. The standard InChI is InChI=1S/C25H25F4N3O4/c1-24(2,22(33)34-3)18-13-16(7-10-19(18)26)20-14-21(32-23(31-20)35-4)30-12-11-15-5-8-17(9-6-15)36-25(27,28)29/h5-10,13-14H,11-12H2,1-4H3,(H,30,31,32). The molecule has 0 bridgehead atoms. The molecule has 7 nitrogen and oxygen atoms in total. The van der Waals surface area contributed by atoms with E-state index in [0.29, 0.717) is 30.0 Å². The fourth-order valence-corrected chi connectivity index (χ4v) is 3.48. The van der Waals surface area contributed by atoms with Crippen LogP contribution in [0.15, 0.2) is 48.5 Å². The van der Waals surface area contributed by atoms with Crippen LogP contribution in [0.1, 0.15) is 25.0 Å². The zero-order valence-electron chi connectivity index (χ0n) is 20.1. The van der Waals surface area contributed by atoms with Crippen molar-refractivity contribution < 1.29 is 36.6 Å². The van der Waals surface area contributed by atoms with Crippen LogP contribution in [0.5, 0.6) is 11.8 Å². The van der Waals surface area contributed by atoms with Gasteiger partial charge in [0.1, 0.15) is 17.4 Å². The number of nitrogens with zero attached hydrogens (tertiary/aromatic N) is 2. The summed E-state index contributed by atoms with van der Waals surface area (Å²) in [5.74, 6) is -1.01. The lowest BCUT2D eigenvalue weighted by Gasteiger charge is -2.23. The molecule has 1 heterocycles. The maximum Gasteiger partial charge on any atom is 0.573 e. The average molecular weight is 507 g/mol. The maximum atomic E-state index is 14.6. The van der Waals surface area contributed by atoms with Crippen LogP contribution in [-0.2, 0) is 21.4 Å². The molecule has 36 heavy (non-hydrogen) atoms. The van der Waals surface area contributed by atoms with Gasteiger partial charge in [0.25, 0.3) is 0 Å². The van der Waals surface area contributed by atoms with Crippen LogP contribution in [0.4, 0.5) is 23.4 Å². The minimum Gasteiger partial charge on any atom is -0.468 e. The maximum absolute atomic E-state index is 14.6. The normalized spacial score (nSPS) is 11.7. The third kappa shape index (κ3) is 6.61. The Labute approximate surface area is 205 Å². The van der Waals surface area contributed by atoms with Gasteiger partial charge in [0, 0.05) is 23.7 Å². The first-order valence-corrected chi connectivity index (χ1v) is 10.8. The molecule has 1 aromatic heterocycles. The third-order valence-corrected chi connectivity index (χ3v) is 5.40. The van der Waals surface area contributed by atoms with Crippen molar-refractivity contribution in [3.8, 4) is 23.0 Å². The highest BCUT2D eigenvalue weighted by atomic mass is 19.4. The van der Waals surface area contributed by atoms with E-state index in [2.05, 4.69) is 20.0 Å². The second-order valence-corrected chi connectivity index (χ2v) is 8.30. The second kappa shape index (κ2) is 10.8. The molecule has 0 saturated carbocycles. The summed E-state index contributed by atoms with van der Waals surface area (Å²) in [6, 6.07) is 11.6. The fourth-order valence-electron chi connectivity index (χ4n) is 3.48. The number of alkyl halides is 3. The van der Waals surface area contributed by atoms with Crippen molar-refractivity contribution in [3.63, 3.8) is 0 Å². The summed E-state index contributed by atoms with van der Waals surface area (Å²) in [5.41, 5.74) is 0.670. The Morgan fingerprint density at radius 3 is 2.31 bits per heavy atom. The van der Waals surface area contributed by atoms with Crippen molar-refractivity contribution in [1.82, 2.24) is 9.97 Å². The molecule has 0 aliphatic heterocycles. The van der Waals surface area contributed by atoms with Gasteiger partial charge in [0.15, 0.2) is 0 Å². The van der Waals surface area contributed by atoms with E-state index in [0.717, 1.165) is 5.56 Å². The molecule has 0 radical (unpaired) electrons. The number of carbonyl (C=O) groups excluding carboxylic acids is 1. The van der Waals surface area contributed by atoms with Crippen LogP contribution in [0.2, 0.25) is 0 Å². The second-order valence-electron chi connectivity index (χ2n) is 8.30. The van der Waals surface area contributed by atoms with E-state index in [1.54, 1.807) is 19.9 Å². The van der Waals surface area contributed by atoms with E-state index in [1.165, 1.54) is 56.7 Å².